The van der Waals surface area contributed by atoms with E-state index in [1.807, 2.05) is 26.8 Å². The summed E-state index contributed by atoms with van der Waals surface area (Å²) in [7, 11) is 0. The number of pyridine rings is 1. The van der Waals surface area contributed by atoms with Gasteiger partial charge >= 0.3 is 6.09 Å². The number of rotatable bonds is 4. The maximum Gasteiger partial charge on any atom is 0.410 e. The van der Waals surface area contributed by atoms with Crippen molar-refractivity contribution in [2.24, 2.45) is 5.92 Å². The van der Waals surface area contributed by atoms with E-state index in [0.717, 1.165) is 12.1 Å². The van der Waals surface area contributed by atoms with Gasteiger partial charge in [0.25, 0.3) is 0 Å². The zero-order valence-corrected chi connectivity index (χ0v) is 13.1. The highest BCUT2D eigenvalue weighted by Crippen LogP contribution is 2.28. The molecule has 0 radical (unpaired) electrons. The van der Waals surface area contributed by atoms with Crippen LogP contribution in [0.2, 0.25) is 0 Å². The van der Waals surface area contributed by atoms with E-state index in [-0.39, 0.29) is 6.09 Å². The lowest BCUT2D eigenvalue weighted by molar-refractivity contribution is 0.0173. The standard InChI is InChI=1S/C16H25N3O2/c1-16(2,3)21-15(20)19(10-12-5-4-6-12)11-13-7-8-14(17)18-9-13/h7-9,12H,4-6,10-11H2,1-3H3,(H2,17,18). The summed E-state index contributed by atoms with van der Waals surface area (Å²) >= 11 is 0. The van der Waals surface area contributed by atoms with Crippen LogP contribution in [0.3, 0.4) is 0 Å². The molecule has 0 bridgehead atoms. The fraction of sp³-hybridized carbons (Fsp3) is 0.625. The van der Waals surface area contributed by atoms with Gasteiger partial charge in [0.05, 0.1) is 6.54 Å². The minimum atomic E-state index is -0.478. The van der Waals surface area contributed by atoms with Crippen molar-refractivity contribution in [3.8, 4) is 0 Å². The van der Waals surface area contributed by atoms with E-state index in [4.69, 9.17) is 10.5 Å². The third-order valence-electron chi connectivity index (χ3n) is 3.58. The second kappa shape index (κ2) is 6.33. The van der Waals surface area contributed by atoms with Gasteiger partial charge in [-0.15, -0.1) is 0 Å². The summed E-state index contributed by atoms with van der Waals surface area (Å²) < 4.78 is 5.51. The Bertz CT molecular complexity index is 475. The third-order valence-corrected chi connectivity index (χ3v) is 3.58. The average molecular weight is 291 g/mol. The van der Waals surface area contributed by atoms with Gasteiger partial charge in [-0.3, -0.25) is 0 Å². The summed E-state index contributed by atoms with van der Waals surface area (Å²) in [6.45, 7) is 6.92. The highest BCUT2D eigenvalue weighted by Gasteiger charge is 2.27. The van der Waals surface area contributed by atoms with Crippen LogP contribution in [0.1, 0.15) is 45.6 Å². The van der Waals surface area contributed by atoms with Crippen LogP contribution in [0.5, 0.6) is 0 Å². The van der Waals surface area contributed by atoms with Crippen molar-refractivity contribution >= 4 is 11.9 Å². The predicted molar refractivity (Wildman–Crippen MR) is 82.6 cm³/mol. The maximum absolute atomic E-state index is 12.4. The highest BCUT2D eigenvalue weighted by atomic mass is 16.6. The third kappa shape index (κ3) is 4.92. The molecule has 0 aliphatic heterocycles. The van der Waals surface area contributed by atoms with E-state index in [1.54, 1.807) is 17.2 Å². The van der Waals surface area contributed by atoms with Crippen LogP contribution in [-0.4, -0.2) is 28.1 Å². The quantitative estimate of drug-likeness (QED) is 0.925. The maximum atomic E-state index is 12.4. The number of carbonyl (C=O) groups is 1. The Kier molecular flexibility index (Phi) is 4.70. The molecule has 0 spiro atoms. The van der Waals surface area contributed by atoms with Crippen molar-refractivity contribution in [3.05, 3.63) is 23.9 Å². The van der Waals surface area contributed by atoms with Gasteiger partial charge in [-0.2, -0.15) is 0 Å². The molecular formula is C16H25N3O2. The Morgan fingerprint density at radius 2 is 2.14 bits per heavy atom. The van der Waals surface area contributed by atoms with Crippen molar-refractivity contribution < 1.29 is 9.53 Å². The summed E-state index contributed by atoms with van der Waals surface area (Å²) in [5.41, 5.74) is 6.08. The monoisotopic (exact) mass is 291 g/mol. The number of amides is 1. The lowest BCUT2D eigenvalue weighted by Gasteiger charge is -2.33. The Labute approximate surface area is 126 Å². The molecule has 0 unspecified atom stereocenters. The van der Waals surface area contributed by atoms with Gasteiger partial charge in [-0.1, -0.05) is 12.5 Å². The number of nitrogen functional groups attached to an aromatic ring is 1. The molecule has 0 saturated heterocycles. The number of anilines is 1. The molecule has 1 aliphatic carbocycles. The SMILES string of the molecule is CC(C)(C)OC(=O)N(Cc1ccc(N)nc1)CC1CCC1. The van der Waals surface area contributed by atoms with Gasteiger partial charge < -0.3 is 15.4 Å². The number of aromatic nitrogens is 1. The molecule has 1 saturated carbocycles. The first-order valence-electron chi connectivity index (χ1n) is 7.52. The average Bonchev–Trinajstić information content (AvgIpc) is 2.32. The van der Waals surface area contributed by atoms with Gasteiger partial charge in [0.1, 0.15) is 11.4 Å². The molecule has 1 aromatic heterocycles. The molecule has 1 aromatic rings. The van der Waals surface area contributed by atoms with Crippen LogP contribution in [0.4, 0.5) is 10.6 Å². The minimum Gasteiger partial charge on any atom is -0.444 e. The molecular weight excluding hydrogens is 266 g/mol. The Morgan fingerprint density at radius 1 is 1.43 bits per heavy atom. The van der Waals surface area contributed by atoms with Crippen molar-refractivity contribution in [1.82, 2.24) is 9.88 Å². The van der Waals surface area contributed by atoms with Gasteiger partial charge in [-0.05, 0) is 51.2 Å². The molecule has 2 rings (SSSR count). The van der Waals surface area contributed by atoms with Gasteiger partial charge in [0.2, 0.25) is 0 Å². The summed E-state index contributed by atoms with van der Waals surface area (Å²) in [6.07, 6.45) is 5.11. The van der Waals surface area contributed by atoms with E-state index < -0.39 is 5.60 Å². The number of ether oxygens (including phenoxy) is 1. The van der Waals surface area contributed by atoms with E-state index in [1.165, 1.54) is 19.3 Å². The molecule has 1 amide bonds. The molecule has 1 heterocycles. The lowest BCUT2D eigenvalue weighted by Crippen LogP contribution is -2.40. The number of nitrogens with zero attached hydrogens (tertiary/aromatic N) is 2. The molecule has 5 nitrogen and oxygen atoms in total. The molecule has 116 valence electrons. The van der Waals surface area contributed by atoms with E-state index in [2.05, 4.69) is 4.98 Å². The van der Waals surface area contributed by atoms with Crippen molar-refractivity contribution in [3.63, 3.8) is 0 Å². The predicted octanol–water partition coefficient (Wildman–Crippen LogP) is 3.20. The van der Waals surface area contributed by atoms with E-state index in [0.29, 0.717) is 18.3 Å². The van der Waals surface area contributed by atoms with Crippen LogP contribution in [-0.2, 0) is 11.3 Å². The second-order valence-corrected chi connectivity index (χ2v) is 6.75. The van der Waals surface area contributed by atoms with Crippen LogP contribution in [0.15, 0.2) is 18.3 Å². The van der Waals surface area contributed by atoms with Crippen LogP contribution >= 0.6 is 0 Å². The number of hydrogen-bond donors (Lipinski definition) is 1. The molecule has 5 heteroatoms. The first kappa shape index (κ1) is 15.6. The van der Waals surface area contributed by atoms with E-state index >= 15 is 0 Å². The molecule has 0 atom stereocenters. The largest absolute Gasteiger partial charge is 0.444 e. The van der Waals surface area contributed by atoms with Crippen molar-refractivity contribution in [1.29, 1.82) is 0 Å². The molecule has 21 heavy (non-hydrogen) atoms. The van der Waals surface area contributed by atoms with Gasteiger partial charge in [0, 0.05) is 12.7 Å². The first-order chi connectivity index (χ1) is 9.83. The van der Waals surface area contributed by atoms with Crippen LogP contribution < -0.4 is 5.73 Å². The number of hydrogen-bond acceptors (Lipinski definition) is 4. The zero-order valence-electron chi connectivity index (χ0n) is 13.1. The molecule has 0 aromatic carbocycles. The zero-order chi connectivity index (χ0) is 15.5. The number of nitrogens with two attached hydrogens (primary N) is 1. The second-order valence-electron chi connectivity index (χ2n) is 6.75. The molecule has 2 N–H and O–H groups in total. The Hall–Kier alpha value is -1.78. The fourth-order valence-corrected chi connectivity index (χ4v) is 2.27. The minimum absolute atomic E-state index is 0.258. The topological polar surface area (TPSA) is 68.5 Å². The smallest absolute Gasteiger partial charge is 0.410 e. The Morgan fingerprint density at radius 3 is 2.62 bits per heavy atom. The van der Waals surface area contributed by atoms with Crippen LogP contribution in [0.25, 0.3) is 0 Å². The first-order valence-corrected chi connectivity index (χ1v) is 7.52. The fourth-order valence-electron chi connectivity index (χ4n) is 2.27. The van der Waals surface area contributed by atoms with Gasteiger partial charge in [0.15, 0.2) is 0 Å². The Balaban J connectivity index is 2.03. The highest BCUT2D eigenvalue weighted by molar-refractivity contribution is 5.68. The normalized spacial score (nSPS) is 15.4. The summed E-state index contributed by atoms with van der Waals surface area (Å²) in [5, 5.41) is 0. The summed E-state index contributed by atoms with van der Waals surface area (Å²) in [6, 6.07) is 3.66. The molecule has 1 fully saturated rings. The van der Waals surface area contributed by atoms with E-state index in [9.17, 15) is 4.79 Å². The van der Waals surface area contributed by atoms with Crippen molar-refractivity contribution in [2.45, 2.75) is 52.2 Å². The summed E-state index contributed by atoms with van der Waals surface area (Å²) in [4.78, 5) is 18.2. The summed E-state index contributed by atoms with van der Waals surface area (Å²) in [5.74, 6) is 1.08. The number of carbonyl (C=O) groups excluding carboxylic acids is 1. The van der Waals surface area contributed by atoms with Crippen molar-refractivity contribution in [2.75, 3.05) is 12.3 Å². The van der Waals surface area contributed by atoms with Gasteiger partial charge in [-0.25, -0.2) is 9.78 Å². The molecule has 1 aliphatic rings. The van der Waals surface area contributed by atoms with Crippen LogP contribution in [0, 0.1) is 5.92 Å². The lowest BCUT2D eigenvalue weighted by atomic mass is 9.85.